The quantitative estimate of drug-likeness (QED) is 0.343. The normalized spacial score (nSPS) is 24.5. The maximum atomic E-state index is 14.3. The summed E-state index contributed by atoms with van der Waals surface area (Å²) in [4.78, 5) is 61.9. The summed E-state index contributed by atoms with van der Waals surface area (Å²) < 4.78 is 0.899. The van der Waals surface area contributed by atoms with Gasteiger partial charge < -0.3 is 25.8 Å². The molecule has 0 saturated carbocycles. The summed E-state index contributed by atoms with van der Waals surface area (Å²) in [6.07, 6.45) is 4.57. The number of nitrogens with one attached hydrogen (secondary N) is 1. The lowest BCUT2D eigenvalue weighted by molar-refractivity contribution is -0.140. The first-order valence-corrected chi connectivity index (χ1v) is 17.8. The SMILES string of the molecule is CC(CN1C(=O)c2ccccc2C(C(=O)NCCCN2CCCCC2C)C1c1ccc(Br)cc1)C(=O)N1CCN(CC(N)=O)CC1C. The number of primary amides is 1. The number of likely N-dealkylation sites (tertiary alicyclic amines) is 1. The van der Waals surface area contributed by atoms with E-state index in [1.54, 1.807) is 11.0 Å². The summed E-state index contributed by atoms with van der Waals surface area (Å²) in [5, 5.41) is 3.22. The summed E-state index contributed by atoms with van der Waals surface area (Å²) in [7, 11) is 0. The summed E-state index contributed by atoms with van der Waals surface area (Å²) in [5.74, 6) is -1.89. The number of carbonyl (C=O) groups is 4. The lowest BCUT2D eigenvalue weighted by Crippen LogP contribution is -2.57. The van der Waals surface area contributed by atoms with E-state index in [2.05, 4.69) is 33.1 Å². The fourth-order valence-electron chi connectivity index (χ4n) is 7.58. The van der Waals surface area contributed by atoms with Gasteiger partial charge >= 0.3 is 0 Å². The summed E-state index contributed by atoms with van der Waals surface area (Å²) in [6.45, 7) is 10.6. The van der Waals surface area contributed by atoms with Gasteiger partial charge in [-0.15, -0.1) is 0 Å². The fraction of sp³-hybridized carbons (Fsp3) is 0.556. The van der Waals surface area contributed by atoms with E-state index < -0.39 is 17.9 Å². The van der Waals surface area contributed by atoms with Crippen molar-refractivity contribution in [1.29, 1.82) is 0 Å². The van der Waals surface area contributed by atoms with Crippen molar-refractivity contribution in [1.82, 2.24) is 24.9 Å². The number of fused-ring (bicyclic) bond motifs is 1. The molecule has 254 valence electrons. The van der Waals surface area contributed by atoms with Crippen LogP contribution in [0.3, 0.4) is 0 Å². The van der Waals surface area contributed by atoms with Crippen LogP contribution in [0.15, 0.2) is 53.0 Å². The van der Waals surface area contributed by atoms with E-state index in [1.807, 2.05) is 66.1 Å². The average Bonchev–Trinajstić information content (AvgIpc) is 3.05. The van der Waals surface area contributed by atoms with Crippen LogP contribution in [0.4, 0.5) is 0 Å². The minimum atomic E-state index is -0.641. The van der Waals surface area contributed by atoms with Crippen LogP contribution in [0.5, 0.6) is 0 Å². The topological polar surface area (TPSA) is 119 Å². The van der Waals surface area contributed by atoms with Gasteiger partial charge in [0.2, 0.25) is 17.7 Å². The standard InChI is InChI=1S/C36H49BrN6O4/c1-24(35(46)42-20-19-40(22-26(42)3)23-31(38)44)21-43-33(27-12-14-28(37)15-13-27)32(29-10-4-5-11-30(29)36(43)47)34(45)39-16-8-18-41-17-7-6-9-25(41)2/h4-5,10-15,24-26,32-33H,6-9,16-23H2,1-3H3,(H2,38,44)(H,39,45). The Hall–Kier alpha value is -3.28. The van der Waals surface area contributed by atoms with Crippen LogP contribution in [0, 0.1) is 5.92 Å². The van der Waals surface area contributed by atoms with Gasteiger partial charge in [0.05, 0.1) is 24.4 Å². The van der Waals surface area contributed by atoms with Crippen LogP contribution in [0.25, 0.3) is 0 Å². The number of hydrogen-bond donors (Lipinski definition) is 2. The van der Waals surface area contributed by atoms with Gasteiger partial charge in [-0.3, -0.25) is 24.1 Å². The van der Waals surface area contributed by atoms with Gasteiger partial charge in [-0.2, -0.15) is 0 Å². The van der Waals surface area contributed by atoms with Crippen LogP contribution < -0.4 is 11.1 Å². The van der Waals surface area contributed by atoms with Crippen LogP contribution >= 0.6 is 15.9 Å². The molecule has 3 aliphatic rings. The highest BCUT2D eigenvalue weighted by Gasteiger charge is 2.45. The number of halogens is 1. The van der Waals surface area contributed by atoms with Crippen molar-refractivity contribution in [3.05, 3.63) is 69.7 Å². The lowest BCUT2D eigenvalue weighted by Gasteiger charge is -2.44. The number of hydrogen-bond acceptors (Lipinski definition) is 6. The summed E-state index contributed by atoms with van der Waals surface area (Å²) in [5.41, 5.74) is 7.45. The second-order valence-corrected chi connectivity index (χ2v) is 14.4. The van der Waals surface area contributed by atoms with Crippen molar-refractivity contribution in [3.63, 3.8) is 0 Å². The third-order valence-electron chi connectivity index (χ3n) is 10.1. The number of piperidine rings is 1. The maximum absolute atomic E-state index is 14.3. The number of nitrogens with zero attached hydrogens (tertiary/aromatic N) is 4. The Bertz CT molecular complexity index is 1440. The molecule has 0 aliphatic carbocycles. The molecule has 2 aromatic rings. The van der Waals surface area contributed by atoms with E-state index in [-0.39, 0.29) is 42.8 Å². The van der Waals surface area contributed by atoms with Gasteiger partial charge in [-0.25, -0.2) is 0 Å². The summed E-state index contributed by atoms with van der Waals surface area (Å²) in [6, 6.07) is 15.0. The third kappa shape index (κ3) is 8.24. The minimum absolute atomic E-state index is 0.0506. The smallest absolute Gasteiger partial charge is 0.254 e. The molecule has 4 amide bonds. The van der Waals surface area contributed by atoms with Crippen molar-refractivity contribution in [3.8, 4) is 0 Å². The number of nitrogens with two attached hydrogens (primary N) is 1. The first kappa shape index (κ1) is 35.0. The van der Waals surface area contributed by atoms with Crippen LogP contribution in [-0.2, 0) is 14.4 Å². The molecule has 2 saturated heterocycles. The molecule has 0 radical (unpaired) electrons. The van der Waals surface area contributed by atoms with Gasteiger partial charge in [-0.1, -0.05) is 59.6 Å². The van der Waals surface area contributed by atoms with Gasteiger partial charge in [0.25, 0.3) is 5.91 Å². The van der Waals surface area contributed by atoms with Crippen molar-refractivity contribution in [2.45, 2.75) is 70.5 Å². The molecule has 3 heterocycles. The predicted octanol–water partition coefficient (Wildman–Crippen LogP) is 3.76. The molecule has 5 atom stereocenters. The van der Waals surface area contributed by atoms with Gasteiger partial charge in [-0.05, 0) is 69.0 Å². The molecule has 0 aromatic heterocycles. The van der Waals surface area contributed by atoms with Crippen LogP contribution in [-0.4, -0.2) is 108 Å². The minimum Gasteiger partial charge on any atom is -0.369 e. The lowest BCUT2D eigenvalue weighted by atomic mass is 9.78. The highest BCUT2D eigenvalue weighted by molar-refractivity contribution is 9.10. The molecule has 2 fully saturated rings. The Morgan fingerprint density at radius 2 is 1.74 bits per heavy atom. The highest BCUT2D eigenvalue weighted by Crippen LogP contribution is 2.43. The Kier molecular flexibility index (Phi) is 11.7. The Morgan fingerprint density at radius 3 is 2.45 bits per heavy atom. The second-order valence-electron chi connectivity index (χ2n) is 13.5. The maximum Gasteiger partial charge on any atom is 0.254 e. The number of piperazine rings is 1. The predicted molar refractivity (Wildman–Crippen MR) is 186 cm³/mol. The molecular formula is C36H49BrN6O4. The van der Waals surface area contributed by atoms with Gasteiger partial charge in [0, 0.05) is 61.4 Å². The Morgan fingerprint density at radius 1 is 1.00 bits per heavy atom. The zero-order valence-electron chi connectivity index (χ0n) is 27.9. The van der Waals surface area contributed by atoms with E-state index in [0.29, 0.717) is 43.3 Å². The Balaban J connectivity index is 1.38. The van der Waals surface area contributed by atoms with Crippen molar-refractivity contribution in [2.75, 3.05) is 52.4 Å². The van der Waals surface area contributed by atoms with E-state index >= 15 is 0 Å². The number of benzene rings is 2. The number of carbonyl (C=O) groups excluding carboxylic acids is 4. The van der Waals surface area contributed by atoms with E-state index in [0.717, 1.165) is 29.5 Å². The fourth-order valence-corrected chi connectivity index (χ4v) is 7.85. The first-order chi connectivity index (χ1) is 22.5. The second kappa shape index (κ2) is 15.7. The molecule has 0 bridgehead atoms. The molecule has 5 rings (SSSR count). The van der Waals surface area contributed by atoms with E-state index in [9.17, 15) is 19.2 Å². The van der Waals surface area contributed by atoms with Gasteiger partial charge in [0.15, 0.2) is 0 Å². The molecule has 3 N–H and O–H groups in total. The van der Waals surface area contributed by atoms with E-state index in [1.165, 1.54) is 19.3 Å². The molecule has 2 aromatic carbocycles. The molecule has 0 spiro atoms. The van der Waals surface area contributed by atoms with E-state index in [4.69, 9.17) is 5.73 Å². The largest absolute Gasteiger partial charge is 0.369 e. The molecule has 11 heteroatoms. The van der Waals surface area contributed by atoms with Crippen molar-refractivity contribution >= 4 is 39.6 Å². The zero-order valence-corrected chi connectivity index (χ0v) is 29.5. The zero-order chi connectivity index (χ0) is 33.7. The third-order valence-corrected chi connectivity index (χ3v) is 10.6. The molecule has 47 heavy (non-hydrogen) atoms. The van der Waals surface area contributed by atoms with Crippen LogP contribution in [0.2, 0.25) is 0 Å². The first-order valence-electron chi connectivity index (χ1n) is 17.0. The molecular weight excluding hydrogens is 660 g/mol. The monoisotopic (exact) mass is 708 g/mol. The van der Waals surface area contributed by atoms with Crippen molar-refractivity contribution < 1.29 is 19.2 Å². The van der Waals surface area contributed by atoms with Gasteiger partial charge in [0.1, 0.15) is 0 Å². The van der Waals surface area contributed by atoms with Crippen molar-refractivity contribution in [2.24, 2.45) is 11.7 Å². The molecule has 3 aliphatic heterocycles. The average molecular weight is 710 g/mol. The van der Waals surface area contributed by atoms with Crippen LogP contribution in [0.1, 0.15) is 79.9 Å². The summed E-state index contributed by atoms with van der Waals surface area (Å²) >= 11 is 3.53. The molecule has 10 nitrogen and oxygen atoms in total. The number of rotatable bonds is 11. The Labute approximate surface area is 287 Å². The highest BCUT2D eigenvalue weighted by atomic mass is 79.9. The number of amides is 4. The molecule has 5 unspecified atom stereocenters.